The van der Waals surface area contributed by atoms with Crippen molar-refractivity contribution in [2.45, 2.75) is 25.9 Å². The number of hydrogen-bond donors (Lipinski definition) is 0. The van der Waals surface area contributed by atoms with Gasteiger partial charge in [-0.05, 0) is 37.1 Å². The maximum atomic E-state index is 12.0. The zero-order valence-corrected chi connectivity index (χ0v) is 14.2. The van der Waals surface area contributed by atoms with Crippen LogP contribution < -0.4 is 0 Å². The van der Waals surface area contributed by atoms with Crippen LogP contribution in [0.5, 0.6) is 0 Å². The fraction of sp³-hybridized carbons (Fsp3) is 0.368. The molecule has 0 aliphatic carbocycles. The minimum absolute atomic E-state index is 0.148. The second kappa shape index (κ2) is 7.26. The van der Waals surface area contributed by atoms with Crippen molar-refractivity contribution in [3.05, 3.63) is 53.1 Å². The van der Waals surface area contributed by atoms with Gasteiger partial charge in [0.25, 0.3) is 5.91 Å². The number of nitrogens with zero attached hydrogens (tertiary/aromatic N) is 3. The SMILES string of the molecule is CC(C)N1CC=CC1c1cccc(C=C(C#N)C(=O)N(C)C)c1. The molecule has 1 aromatic rings. The number of rotatable bonds is 4. The van der Waals surface area contributed by atoms with E-state index in [-0.39, 0.29) is 17.5 Å². The first kappa shape index (κ1) is 17.0. The lowest BCUT2D eigenvalue weighted by atomic mass is 10.0. The summed E-state index contributed by atoms with van der Waals surface area (Å²) in [6, 6.07) is 10.7. The monoisotopic (exact) mass is 309 g/mol. The molecule has 0 radical (unpaired) electrons. The van der Waals surface area contributed by atoms with Crippen LogP contribution in [0.15, 0.2) is 42.0 Å². The molecule has 0 bridgehead atoms. The summed E-state index contributed by atoms with van der Waals surface area (Å²) in [6.07, 6.45) is 6.05. The van der Waals surface area contributed by atoms with Crippen molar-refractivity contribution >= 4 is 12.0 Å². The lowest BCUT2D eigenvalue weighted by Crippen LogP contribution is -2.30. The van der Waals surface area contributed by atoms with Gasteiger partial charge in [-0.1, -0.05) is 30.4 Å². The Morgan fingerprint density at radius 3 is 2.78 bits per heavy atom. The van der Waals surface area contributed by atoms with Crippen LogP contribution in [-0.2, 0) is 4.79 Å². The van der Waals surface area contributed by atoms with Crippen molar-refractivity contribution in [2.24, 2.45) is 0 Å². The molecule has 4 heteroatoms. The van der Waals surface area contributed by atoms with Gasteiger partial charge in [0, 0.05) is 26.7 Å². The molecule has 1 atom stereocenters. The van der Waals surface area contributed by atoms with Gasteiger partial charge < -0.3 is 4.90 Å². The fourth-order valence-electron chi connectivity index (χ4n) is 2.75. The van der Waals surface area contributed by atoms with Gasteiger partial charge in [0.15, 0.2) is 0 Å². The number of likely N-dealkylation sites (N-methyl/N-ethyl adjacent to an activating group) is 1. The largest absolute Gasteiger partial charge is 0.344 e. The molecule has 4 nitrogen and oxygen atoms in total. The summed E-state index contributed by atoms with van der Waals surface area (Å²) >= 11 is 0. The first-order valence-corrected chi connectivity index (χ1v) is 7.80. The molecule has 0 fully saturated rings. The van der Waals surface area contributed by atoms with Crippen molar-refractivity contribution in [1.82, 2.24) is 9.80 Å². The summed E-state index contributed by atoms with van der Waals surface area (Å²) < 4.78 is 0. The Morgan fingerprint density at radius 2 is 2.17 bits per heavy atom. The highest BCUT2D eigenvalue weighted by atomic mass is 16.2. The summed E-state index contributed by atoms with van der Waals surface area (Å²) in [4.78, 5) is 15.8. The summed E-state index contributed by atoms with van der Waals surface area (Å²) in [5.74, 6) is -0.275. The summed E-state index contributed by atoms with van der Waals surface area (Å²) in [7, 11) is 3.29. The Hall–Kier alpha value is -2.38. The molecule has 1 unspecified atom stereocenters. The maximum Gasteiger partial charge on any atom is 0.264 e. The second-order valence-electron chi connectivity index (χ2n) is 6.20. The predicted octanol–water partition coefficient (Wildman–Crippen LogP) is 3.00. The molecule has 1 heterocycles. The van der Waals surface area contributed by atoms with E-state index in [0.717, 1.165) is 12.1 Å². The third-order valence-corrected chi connectivity index (χ3v) is 3.98. The zero-order chi connectivity index (χ0) is 17.0. The number of amides is 1. The summed E-state index contributed by atoms with van der Waals surface area (Å²) in [6.45, 7) is 5.32. The third-order valence-electron chi connectivity index (χ3n) is 3.98. The standard InChI is InChI=1S/C19H23N3O/c1-14(2)22-10-6-9-18(22)16-8-5-7-15(11-16)12-17(13-20)19(23)21(3)4/h5-9,11-12,14,18H,10H2,1-4H3. The van der Waals surface area contributed by atoms with Gasteiger partial charge in [-0.15, -0.1) is 0 Å². The Morgan fingerprint density at radius 1 is 1.43 bits per heavy atom. The van der Waals surface area contributed by atoms with E-state index in [1.54, 1.807) is 20.2 Å². The first-order chi connectivity index (χ1) is 10.9. The number of carbonyl (C=O) groups excluding carboxylic acids is 1. The van der Waals surface area contributed by atoms with Crippen molar-refractivity contribution < 1.29 is 4.79 Å². The number of nitriles is 1. The van der Waals surface area contributed by atoms with Crippen molar-refractivity contribution in [3.63, 3.8) is 0 Å². The van der Waals surface area contributed by atoms with Crippen molar-refractivity contribution in [1.29, 1.82) is 5.26 Å². The lowest BCUT2D eigenvalue weighted by Gasteiger charge is -2.28. The molecule has 1 aliphatic heterocycles. The van der Waals surface area contributed by atoms with Gasteiger partial charge in [0.05, 0.1) is 6.04 Å². The molecule has 0 aromatic heterocycles. The van der Waals surface area contributed by atoms with E-state index in [1.165, 1.54) is 10.5 Å². The highest BCUT2D eigenvalue weighted by Gasteiger charge is 2.23. The highest BCUT2D eigenvalue weighted by Crippen LogP contribution is 2.29. The molecule has 120 valence electrons. The highest BCUT2D eigenvalue weighted by molar-refractivity contribution is 6.01. The molecule has 0 saturated carbocycles. The van der Waals surface area contributed by atoms with E-state index in [1.807, 2.05) is 18.2 Å². The van der Waals surface area contributed by atoms with Crippen LogP contribution >= 0.6 is 0 Å². The molecular weight excluding hydrogens is 286 g/mol. The second-order valence-corrected chi connectivity index (χ2v) is 6.20. The van der Waals surface area contributed by atoms with Crippen LogP contribution in [0.4, 0.5) is 0 Å². The molecule has 0 spiro atoms. The Bertz CT molecular complexity index is 680. The van der Waals surface area contributed by atoms with E-state index in [2.05, 4.69) is 43.0 Å². The van der Waals surface area contributed by atoms with E-state index in [4.69, 9.17) is 0 Å². The Labute approximate surface area is 138 Å². The number of benzene rings is 1. The predicted molar refractivity (Wildman–Crippen MR) is 92.4 cm³/mol. The summed E-state index contributed by atoms with van der Waals surface area (Å²) in [5.41, 5.74) is 2.20. The molecule has 1 aromatic carbocycles. The molecular formula is C19H23N3O. The van der Waals surface area contributed by atoms with E-state index in [9.17, 15) is 10.1 Å². The van der Waals surface area contributed by atoms with Crippen LogP contribution in [0, 0.1) is 11.3 Å². The van der Waals surface area contributed by atoms with Gasteiger partial charge in [0.1, 0.15) is 11.6 Å². The van der Waals surface area contributed by atoms with Crippen molar-refractivity contribution in [2.75, 3.05) is 20.6 Å². The van der Waals surface area contributed by atoms with E-state index >= 15 is 0 Å². The van der Waals surface area contributed by atoms with Crippen LogP contribution in [0.1, 0.15) is 31.0 Å². The van der Waals surface area contributed by atoms with Crippen LogP contribution in [-0.4, -0.2) is 42.4 Å². The molecule has 1 aliphatic rings. The van der Waals surface area contributed by atoms with Crippen LogP contribution in [0.25, 0.3) is 6.08 Å². The molecule has 0 saturated heterocycles. The average molecular weight is 309 g/mol. The lowest BCUT2D eigenvalue weighted by molar-refractivity contribution is -0.124. The van der Waals surface area contributed by atoms with Gasteiger partial charge in [-0.25, -0.2) is 0 Å². The normalized spacial score (nSPS) is 18.3. The Kier molecular flexibility index (Phi) is 5.36. The smallest absolute Gasteiger partial charge is 0.264 e. The molecule has 0 N–H and O–H groups in total. The zero-order valence-electron chi connectivity index (χ0n) is 14.2. The first-order valence-electron chi connectivity index (χ1n) is 7.80. The van der Waals surface area contributed by atoms with Gasteiger partial charge in [-0.2, -0.15) is 5.26 Å². The van der Waals surface area contributed by atoms with Gasteiger partial charge in [-0.3, -0.25) is 9.69 Å². The third kappa shape index (κ3) is 3.88. The van der Waals surface area contributed by atoms with Gasteiger partial charge >= 0.3 is 0 Å². The van der Waals surface area contributed by atoms with Gasteiger partial charge in [0.2, 0.25) is 0 Å². The minimum Gasteiger partial charge on any atom is -0.344 e. The molecule has 2 rings (SSSR count). The molecule has 1 amide bonds. The quantitative estimate of drug-likeness (QED) is 0.488. The van der Waals surface area contributed by atoms with Crippen molar-refractivity contribution in [3.8, 4) is 6.07 Å². The Balaban J connectivity index is 2.32. The van der Waals surface area contributed by atoms with E-state index in [0.29, 0.717) is 6.04 Å². The average Bonchev–Trinajstić information content (AvgIpc) is 3.02. The number of hydrogen-bond acceptors (Lipinski definition) is 3. The minimum atomic E-state index is -0.275. The van der Waals surface area contributed by atoms with Crippen LogP contribution in [0.2, 0.25) is 0 Å². The van der Waals surface area contributed by atoms with E-state index < -0.39 is 0 Å². The topological polar surface area (TPSA) is 47.3 Å². The maximum absolute atomic E-state index is 12.0. The number of carbonyl (C=O) groups is 1. The fourth-order valence-corrected chi connectivity index (χ4v) is 2.75. The van der Waals surface area contributed by atoms with Crippen LogP contribution in [0.3, 0.4) is 0 Å². The summed E-state index contributed by atoms with van der Waals surface area (Å²) in [5, 5.41) is 9.22. The molecule has 23 heavy (non-hydrogen) atoms.